The Morgan fingerprint density at radius 1 is 0.923 bits per heavy atom. The zero-order valence-electron chi connectivity index (χ0n) is 22.1. The van der Waals surface area contributed by atoms with Crippen LogP contribution in [0.1, 0.15) is 45.6 Å². The summed E-state index contributed by atoms with van der Waals surface area (Å²) >= 11 is 0. The predicted octanol–water partition coefficient (Wildman–Crippen LogP) is -0.132. The van der Waals surface area contributed by atoms with Gasteiger partial charge in [0.1, 0.15) is 12.1 Å². The average molecular weight is 548 g/mol. The lowest BCUT2D eigenvalue weighted by molar-refractivity contribution is -0.145. The number of H-pyrrole nitrogens is 1. The molecule has 1 aromatic carbocycles. The lowest BCUT2D eigenvalue weighted by Crippen LogP contribution is -2.58. The number of carboxylic acids is 2. The zero-order chi connectivity index (χ0) is 29.3. The van der Waals surface area contributed by atoms with Gasteiger partial charge in [-0.3, -0.25) is 19.2 Å². The van der Waals surface area contributed by atoms with Crippen molar-refractivity contribution in [1.82, 2.24) is 20.9 Å². The van der Waals surface area contributed by atoms with Crippen molar-refractivity contribution in [2.24, 2.45) is 11.7 Å². The monoisotopic (exact) mass is 547 g/mol. The maximum Gasteiger partial charge on any atom is 0.328 e. The Bertz CT molecular complexity index is 1180. The van der Waals surface area contributed by atoms with Crippen LogP contribution in [-0.2, 0) is 30.4 Å². The van der Waals surface area contributed by atoms with E-state index in [9.17, 15) is 34.2 Å². The summed E-state index contributed by atoms with van der Waals surface area (Å²) in [6.45, 7) is 4.94. The number of carboxylic acid groups (broad SMARTS) is 2. The van der Waals surface area contributed by atoms with Crippen LogP contribution in [0, 0.1) is 5.92 Å². The topological polar surface area (TPSA) is 224 Å². The third kappa shape index (κ3) is 9.37. The number of aliphatic hydroxyl groups is 1. The Balaban J connectivity index is 2.33. The van der Waals surface area contributed by atoms with Crippen LogP contribution in [0.2, 0.25) is 0 Å². The summed E-state index contributed by atoms with van der Waals surface area (Å²) in [6, 6.07) is 2.00. The molecule has 3 amide bonds. The maximum atomic E-state index is 13.3. The molecule has 13 nitrogen and oxygen atoms in total. The van der Waals surface area contributed by atoms with E-state index in [2.05, 4.69) is 20.9 Å². The second-order valence-electron chi connectivity index (χ2n) is 9.92. The summed E-state index contributed by atoms with van der Waals surface area (Å²) < 4.78 is 0. The van der Waals surface area contributed by atoms with Gasteiger partial charge in [-0.15, -0.1) is 0 Å². The highest BCUT2D eigenvalue weighted by molar-refractivity contribution is 5.95. The molecule has 0 fully saturated rings. The number of nitrogens with two attached hydrogens (primary N) is 1. The molecule has 0 aliphatic rings. The molecule has 0 aliphatic carbocycles. The van der Waals surface area contributed by atoms with Gasteiger partial charge in [0.15, 0.2) is 6.04 Å². The van der Waals surface area contributed by atoms with Gasteiger partial charge in [0, 0.05) is 29.9 Å². The van der Waals surface area contributed by atoms with E-state index in [1.54, 1.807) is 18.3 Å². The SMILES string of the molecule is CC(C)CC(N)C(=O)NC(CCC(=O)O)C(=O)NC(Cc1c[nH]c2ccccc12)C(=O)NC(C(=O)O)C(C)O. The second-order valence-corrected chi connectivity index (χ2v) is 9.92. The summed E-state index contributed by atoms with van der Waals surface area (Å²) in [5, 5.41) is 36.4. The van der Waals surface area contributed by atoms with Gasteiger partial charge in [0.25, 0.3) is 0 Å². The first-order chi connectivity index (χ1) is 18.3. The predicted molar refractivity (Wildman–Crippen MR) is 141 cm³/mol. The number of aliphatic carboxylic acids is 2. The van der Waals surface area contributed by atoms with E-state index in [4.69, 9.17) is 10.8 Å². The van der Waals surface area contributed by atoms with Crippen molar-refractivity contribution < 1.29 is 39.3 Å². The molecule has 214 valence electrons. The van der Waals surface area contributed by atoms with Gasteiger partial charge in [0.05, 0.1) is 12.1 Å². The van der Waals surface area contributed by atoms with E-state index in [-0.39, 0.29) is 18.8 Å². The summed E-state index contributed by atoms with van der Waals surface area (Å²) in [6.07, 6.45) is -0.231. The molecule has 5 atom stereocenters. The number of nitrogens with one attached hydrogen (secondary N) is 4. The standard InChI is InChI=1S/C26H37N5O8/c1-13(2)10-17(27)23(35)29-19(8-9-21(33)34)24(36)30-20(25(37)31-22(14(3)32)26(38)39)11-15-12-28-18-7-5-4-6-16(15)18/h4-7,12-14,17,19-20,22,28,32H,8-11,27H2,1-3H3,(H,29,35)(H,30,36)(H,31,37)(H,33,34)(H,38,39). The Morgan fingerprint density at radius 3 is 2.13 bits per heavy atom. The van der Waals surface area contributed by atoms with Crippen LogP contribution in [-0.4, -0.2) is 80.2 Å². The smallest absolute Gasteiger partial charge is 0.328 e. The normalized spacial score (nSPS) is 15.1. The molecule has 0 saturated heterocycles. The van der Waals surface area contributed by atoms with Crippen molar-refractivity contribution >= 4 is 40.6 Å². The molecule has 5 unspecified atom stereocenters. The molecule has 0 spiro atoms. The number of aliphatic hydroxyl groups excluding tert-OH is 1. The minimum atomic E-state index is -1.64. The van der Waals surface area contributed by atoms with Crippen LogP contribution in [0.15, 0.2) is 30.5 Å². The van der Waals surface area contributed by atoms with Gasteiger partial charge in [-0.25, -0.2) is 4.79 Å². The number of amides is 3. The third-order valence-corrected chi connectivity index (χ3v) is 6.12. The van der Waals surface area contributed by atoms with E-state index in [0.717, 1.165) is 10.9 Å². The second kappa shape index (κ2) is 14.3. The van der Waals surface area contributed by atoms with Gasteiger partial charge in [-0.1, -0.05) is 32.0 Å². The highest BCUT2D eigenvalue weighted by Crippen LogP contribution is 2.19. The van der Waals surface area contributed by atoms with Gasteiger partial charge in [0.2, 0.25) is 17.7 Å². The number of aromatic nitrogens is 1. The van der Waals surface area contributed by atoms with Gasteiger partial charge in [-0.05, 0) is 37.3 Å². The van der Waals surface area contributed by atoms with Gasteiger partial charge < -0.3 is 42.0 Å². The largest absolute Gasteiger partial charge is 0.481 e. The summed E-state index contributed by atoms with van der Waals surface area (Å²) in [7, 11) is 0. The summed E-state index contributed by atoms with van der Waals surface area (Å²) in [5.74, 6) is -4.94. The van der Waals surface area contributed by atoms with E-state index >= 15 is 0 Å². The molecule has 2 aromatic rings. The van der Waals surface area contributed by atoms with Crippen molar-refractivity contribution in [3.63, 3.8) is 0 Å². The molecule has 2 rings (SSSR count). The molecule has 0 aliphatic heterocycles. The van der Waals surface area contributed by atoms with Crippen LogP contribution in [0.25, 0.3) is 10.9 Å². The fraction of sp³-hybridized carbons (Fsp3) is 0.500. The van der Waals surface area contributed by atoms with Gasteiger partial charge >= 0.3 is 11.9 Å². The molecule has 39 heavy (non-hydrogen) atoms. The lowest BCUT2D eigenvalue weighted by atomic mass is 10.0. The van der Waals surface area contributed by atoms with E-state index in [0.29, 0.717) is 12.0 Å². The molecular weight excluding hydrogens is 510 g/mol. The Labute approximate surface area is 225 Å². The number of hydrogen-bond donors (Lipinski definition) is 8. The number of fused-ring (bicyclic) bond motifs is 1. The first-order valence-corrected chi connectivity index (χ1v) is 12.6. The molecule has 1 aromatic heterocycles. The highest BCUT2D eigenvalue weighted by Gasteiger charge is 2.32. The zero-order valence-corrected chi connectivity index (χ0v) is 22.1. The minimum absolute atomic E-state index is 0.0693. The molecule has 9 N–H and O–H groups in total. The molecule has 0 bridgehead atoms. The number of aromatic amines is 1. The van der Waals surface area contributed by atoms with Crippen molar-refractivity contribution in [3.8, 4) is 0 Å². The number of benzene rings is 1. The quantitative estimate of drug-likeness (QED) is 0.148. The van der Waals surface area contributed by atoms with Crippen molar-refractivity contribution in [1.29, 1.82) is 0 Å². The van der Waals surface area contributed by atoms with Crippen molar-refractivity contribution in [3.05, 3.63) is 36.0 Å². The highest BCUT2D eigenvalue weighted by atomic mass is 16.4. The maximum absolute atomic E-state index is 13.3. The number of para-hydroxylation sites is 1. The fourth-order valence-corrected chi connectivity index (χ4v) is 4.07. The lowest BCUT2D eigenvalue weighted by Gasteiger charge is -2.26. The van der Waals surface area contributed by atoms with Crippen LogP contribution >= 0.6 is 0 Å². The van der Waals surface area contributed by atoms with Crippen molar-refractivity contribution in [2.45, 2.75) is 76.7 Å². The summed E-state index contributed by atoms with van der Waals surface area (Å²) in [4.78, 5) is 64.9. The molecule has 1 heterocycles. The van der Waals surface area contributed by atoms with E-state index in [1.165, 1.54) is 6.92 Å². The Morgan fingerprint density at radius 2 is 1.54 bits per heavy atom. The average Bonchev–Trinajstić information content (AvgIpc) is 3.26. The number of hydrogen-bond acceptors (Lipinski definition) is 7. The van der Waals surface area contributed by atoms with Crippen LogP contribution in [0.4, 0.5) is 0 Å². The number of rotatable bonds is 15. The van der Waals surface area contributed by atoms with Crippen molar-refractivity contribution in [2.75, 3.05) is 0 Å². The molecule has 13 heteroatoms. The minimum Gasteiger partial charge on any atom is -0.481 e. The Kier molecular flexibility index (Phi) is 11.4. The summed E-state index contributed by atoms with van der Waals surface area (Å²) in [5.41, 5.74) is 7.33. The van der Waals surface area contributed by atoms with Crippen LogP contribution in [0.5, 0.6) is 0 Å². The number of carbonyl (C=O) groups excluding carboxylic acids is 3. The van der Waals surface area contributed by atoms with Crippen LogP contribution in [0.3, 0.4) is 0 Å². The van der Waals surface area contributed by atoms with E-state index in [1.807, 2.05) is 26.0 Å². The number of carbonyl (C=O) groups is 5. The molecular formula is C26H37N5O8. The van der Waals surface area contributed by atoms with E-state index < -0.39 is 66.4 Å². The molecule has 0 saturated carbocycles. The first-order valence-electron chi connectivity index (χ1n) is 12.6. The fourth-order valence-electron chi connectivity index (χ4n) is 4.07. The van der Waals surface area contributed by atoms with Gasteiger partial charge in [-0.2, -0.15) is 0 Å². The Hall–Kier alpha value is -3.97. The third-order valence-electron chi connectivity index (χ3n) is 6.12. The first kappa shape index (κ1) is 31.2. The molecule has 0 radical (unpaired) electrons. The van der Waals surface area contributed by atoms with Crippen LogP contribution < -0.4 is 21.7 Å².